The van der Waals surface area contributed by atoms with Gasteiger partial charge < -0.3 is 20.3 Å². The molecule has 192 valence electrons. The highest BCUT2D eigenvalue weighted by molar-refractivity contribution is 5.67. The molecule has 8 heteroatoms. The molecule has 0 radical (unpaired) electrons. The van der Waals surface area contributed by atoms with E-state index in [0.717, 1.165) is 43.6 Å². The number of carbonyl (C=O) groups is 1. The maximum Gasteiger partial charge on any atom is 0.416 e. The second kappa shape index (κ2) is 11.1. The van der Waals surface area contributed by atoms with Gasteiger partial charge in [-0.3, -0.25) is 0 Å². The second-order valence-electron chi connectivity index (χ2n) is 10.1. The Labute approximate surface area is 205 Å². The number of hydrogen-bond donors (Lipinski definition) is 2. The Bertz CT molecular complexity index is 940. The van der Waals surface area contributed by atoms with E-state index in [0.29, 0.717) is 19.7 Å². The van der Waals surface area contributed by atoms with Gasteiger partial charge in [0.15, 0.2) is 0 Å². The molecule has 2 aliphatic heterocycles. The maximum absolute atomic E-state index is 13.4. The van der Waals surface area contributed by atoms with Crippen LogP contribution in [0.15, 0.2) is 42.5 Å². The van der Waals surface area contributed by atoms with Crippen LogP contribution in [0.1, 0.15) is 50.2 Å². The number of allylic oxidation sites excluding steroid dienone is 3. The van der Waals surface area contributed by atoms with Crippen molar-refractivity contribution in [3.8, 4) is 0 Å². The summed E-state index contributed by atoms with van der Waals surface area (Å²) in [6.45, 7) is 7.34. The van der Waals surface area contributed by atoms with Gasteiger partial charge in [0.05, 0.1) is 12.2 Å². The van der Waals surface area contributed by atoms with Gasteiger partial charge in [-0.05, 0) is 60.8 Å². The lowest BCUT2D eigenvalue weighted by Crippen LogP contribution is -2.46. The summed E-state index contributed by atoms with van der Waals surface area (Å²) < 4.78 is 45.8. The lowest BCUT2D eigenvalue weighted by atomic mass is 9.70. The summed E-state index contributed by atoms with van der Waals surface area (Å²) in [6, 6.07) is 4.19. The molecule has 2 unspecified atom stereocenters. The summed E-state index contributed by atoms with van der Waals surface area (Å²) in [5.41, 5.74) is 0.928. The Kier molecular flexibility index (Phi) is 8.09. The molecule has 5 atom stereocenters. The summed E-state index contributed by atoms with van der Waals surface area (Å²) in [5, 5.41) is 6.81. The number of ether oxygens (including phenoxy) is 1. The third kappa shape index (κ3) is 6.21. The summed E-state index contributed by atoms with van der Waals surface area (Å²) in [5.74, 6) is 0.593. The van der Waals surface area contributed by atoms with E-state index in [9.17, 15) is 18.0 Å². The Morgan fingerprint density at radius 2 is 2.00 bits per heavy atom. The number of benzene rings is 1. The number of anilines is 1. The Balaban J connectivity index is 1.43. The highest BCUT2D eigenvalue weighted by Gasteiger charge is 2.39. The van der Waals surface area contributed by atoms with Crippen molar-refractivity contribution in [3.63, 3.8) is 0 Å². The zero-order chi connectivity index (χ0) is 25.0. The van der Waals surface area contributed by atoms with Crippen LogP contribution >= 0.6 is 0 Å². The first-order valence-corrected chi connectivity index (χ1v) is 12.7. The molecule has 4 rings (SSSR count). The van der Waals surface area contributed by atoms with Crippen molar-refractivity contribution in [3.05, 3.63) is 53.6 Å². The van der Waals surface area contributed by atoms with E-state index in [1.165, 1.54) is 12.1 Å². The fourth-order valence-corrected chi connectivity index (χ4v) is 5.51. The van der Waals surface area contributed by atoms with E-state index in [1.807, 2.05) is 6.08 Å². The molecule has 35 heavy (non-hydrogen) atoms. The smallest absolute Gasteiger partial charge is 0.416 e. The standard InChI is InChI=1S/C27H36F3N3O2/c1-18(17-35-26(34)33-14-12-31-13-15-33)8-10-22-19(2)23-16-21(27(28,29)30)9-11-24(23)32-25(22)20-6-4-3-5-7-20/h3-6,9,11,16,18-20,22,25,31-32H,7-8,10,12-15,17H2,1-2H3/t18-,19?,20?,22-,25+/m1/s1. The third-order valence-electron chi connectivity index (χ3n) is 7.63. The van der Waals surface area contributed by atoms with Gasteiger partial charge in [-0.25, -0.2) is 4.79 Å². The molecule has 0 spiro atoms. The van der Waals surface area contributed by atoms with Gasteiger partial charge in [0, 0.05) is 43.8 Å². The summed E-state index contributed by atoms with van der Waals surface area (Å²) in [6.07, 6.45) is 6.40. The van der Waals surface area contributed by atoms with Crippen LogP contribution in [-0.4, -0.2) is 49.8 Å². The topological polar surface area (TPSA) is 53.6 Å². The maximum atomic E-state index is 13.4. The molecular weight excluding hydrogens is 455 g/mol. The number of piperazine rings is 1. The van der Waals surface area contributed by atoms with Gasteiger partial charge in [0.25, 0.3) is 0 Å². The minimum Gasteiger partial charge on any atom is -0.449 e. The molecule has 2 N–H and O–H groups in total. The Morgan fingerprint density at radius 3 is 2.69 bits per heavy atom. The van der Waals surface area contributed by atoms with Crippen molar-refractivity contribution < 1.29 is 22.7 Å². The van der Waals surface area contributed by atoms with E-state index >= 15 is 0 Å². The Morgan fingerprint density at radius 1 is 1.23 bits per heavy atom. The van der Waals surface area contributed by atoms with E-state index < -0.39 is 11.7 Å². The number of halogens is 3. The number of fused-ring (bicyclic) bond motifs is 1. The number of nitrogens with one attached hydrogen (secondary N) is 2. The van der Waals surface area contributed by atoms with Crippen LogP contribution in [0.25, 0.3) is 0 Å². The first-order chi connectivity index (χ1) is 16.7. The van der Waals surface area contributed by atoms with Crippen molar-refractivity contribution >= 4 is 11.8 Å². The second-order valence-corrected chi connectivity index (χ2v) is 10.1. The van der Waals surface area contributed by atoms with Gasteiger partial charge in [-0.1, -0.05) is 38.2 Å². The number of rotatable bonds is 6. The van der Waals surface area contributed by atoms with Gasteiger partial charge in [0.2, 0.25) is 0 Å². The fraction of sp³-hybridized carbons (Fsp3) is 0.593. The quantitative estimate of drug-likeness (QED) is 0.527. The van der Waals surface area contributed by atoms with Gasteiger partial charge in [-0.15, -0.1) is 0 Å². The molecule has 5 nitrogen and oxygen atoms in total. The minimum atomic E-state index is -4.36. The summed E-state index contributed by atoms with van der Waals surface area (Å²) in [4.78, 5) is 14.1. The van der Waals surface area contributed by atoms with Crippen molar-refractivity contribution in [2.45, 2.75) is 51.2 Å². The molecule has 1 aromatic carbocycles. The first-order valence-electron chi connectivity index (χ1n) is 12.7. The van der Waals surface area contributed by atoms with Crippen molar-refractivity contribution in [2.24, 2.45) is 17.8 Å². The van der Waals surface area contributed by atoms with E-state index in [2.05, 4.69) is 42.7 Å². The predicted octanol–water partition coefficient (Wildman–Crippen LogP) is 5.81. The summed E-state index contributed by atoms with van der Waals surface area (Å²) in [7, 11) is 0. The molecule has 1 aromatic rings. The number of alkyl halides is 3. The van der Waals surface area contributed by atoms with Crippen LogP contribution in [0.4, 0.5) is 23.7 Å². The molecule has 1 saturated heterocycles. The predicted molar refractivity (Wildman–Crippen MR) is 131 cm³/mol. The zero-order valence-corrected chi connectivity index (χ0v) is 20.5. The van der Waals surface area contributed by atoms with Crippen LogP contribution in [-0.2, 0) is 10.9 Å². The number of carbonyl (C=O) groups excluding carboxylic acids is 1. The SMILES string of the molecule is CC1c2cc(C(F)(F)F)ccc2N[C@@H](C2C=CC=CC2)[C@@H]1CC[C@@H](C)COC(=O)N1CCNCC1. The van der Waals surface area contributed by atoms with Crippen molar-refractivity contribution in [1.82, 2.24) is 10.2 Å². The van der Waals surface area contributed by atoms with E-state index in [1.54, 1.807) is 11.0 Å². The molecule has 0 saturated carbocycles. The molecule has 0 aromatic heterocycles. The number of amides is 1. The third-order valence-corrected chi connectivity index (χ3v) is 7.63. The fourth-order valence-electron chi connectivity index (χ4n) is 5.51. The van der Waals surface area contributed by atoms with Crippen LogP contribution in [0.2, 0.25) is 0 Å². The average Bonchev–Trinajstić information content (AvgIpc) is 2.86. The van der Waals surface area contributed by atoms with Crippen LogP contribution < -0.4 is 10.6 Å². The molecule has 2 heterocycles. The largest absolute Gasteiger partial charge is 0.449 e. The molecular formula is C27H36F3N3O2. The molecule has 0 bridgehead atoms. The number of nitrogens with zero attached hydrogens (tertiary/aromatic N) is 1. The lowest BCUT2D eigenvalue weighted by Gasteiger charge is -2.43. The molecule has 3 aliphatic rings. The van der Waals surface area contributed by atoms with Gasteiger partial charge in [-0.2, -0.15) is 13.2 Å². The Hall–Kier alpha value is -2.48. The van der Waals surface area contributed by atoms with E-state index in [4.69, 9.17) is 4.74 Å². The molecule has 1 amide bonds. The highest BCUT2D eigenvalue weighted by atomic mass is 19.4. The summed E-state index contributed by atoms with van der Waals surface area (Å²) >= 11 is 0. The van der Waals surface area contributed by atoms with Crippen LogP contribution in [0.3, 0.4) is 0 Å². The van der Waals surface area contributed by atoms with Crippen LogP contribution in [0, 0.1) is 17.8 Å². The van der Waals surface area contributed by atoms with Gasteiger partial charge in [0.1, 0.15) is 0 Å². The average molecular weight is 492 g/mol. The minimum absolute atomic E-state index is 0.0199. The first kappa shape index (κ1) is 25.6. The van der Waals surface area contributed by atoms with Crippen molar-refractivity contribution in [2.75, 3.05) is 38.1 Å². The van der Waals surface area contributed by atoms with E-state index in [-0.39, 0.29) is 35.8 Å². The van der Waals surface area contributed by atoms with Crippen LogP contribution in [0.5, 0.6) is 0 Å². The zero-order valence-electron chi connectivity index (χ0n) is 20.5. The normalized spacial score (nSPS) is 27.2. The number of hydrogen-bond acceptors (Lipinski definition) is 4. The monoisotopic (exact) mass is 491 g/mol. The highest BCUT2D eigenvalue weighted by Crippen LogP contribution is 2.45. The molecule has 1 aliphatic carbocycles. The van der Waals surface area contributed by atoms with Gasteiger partial charge >= 0.3 is 12.3 Å². The molecule has 1 fully saturated rings. The lowest BCUT2D eigenvalue weighted by molar-refractivity contribution is -0.137. The van der Waals surface area contributed by atoms with Crippen molar-refractivity contribution in [1.29, 1.82) is 0 Å².